The zero-order chi connectivity index (χ0) is 18.4. The van der Waals surface area contributed by atoms with Gasteiger partial charge in [-0.2, -0.15) is 0 Å². The quantitative estimate of drug-likeness (QED) is 0.454. The normalized spacial score (nSPS) is 15.6. The molecule has 27 heavy (non-hydrogen) atoms. The zero-order valence-electron chi connectivity index (χ0n) is 14.7. The summed E-state index contributed by atoms with van der Waals surface area (Å²) in [6.45, 7) is 0. The van der Waals surface area contributed by atoms with E-state index in [1.54, 1.807) is 0 Å². The van der Waals surface area contributed by atoms with Crippen LogP contribution >= 0.6 is 11.3 Å². The van der Waals surface area contributed by atoms with Crippen molar-refractivity contribution in [2.75, 3.05) is 5.32 Å². The molecule has 0 atom stereocenters. The number of nitrogens with zero attached hydrogens (tertiary/aromatic N) is 2. The van der Waals surface area contributed by atoms with Gasteiger partial charge in [-0.25, -0.2) is 13.8 Å². The van der Waals surface area contributed by atoms with Crippen molar-refractivity contribution in [1.29, 1.82) is 0 Å². The van der Waals surface area contributed by atoms with E-state index in [1.165, 1.54) is 48.8 Å². The van der Waals surface area contributed by atoms with Gasteiger partial charge in [0, 0.05) is 6.04 Å². The van der Waals surface area contributed by atoms with Crippen LogP contribution in [0, 0.1) is 11.6 Å². The Kier molecular flexibility index (Phi) is 4.08. The zero-order valence-corrected chi connectivity index (χ0v) is 15.5. The Morgan fingerprint density at radius 1 is 0.963 bits per heavy atom. The molecule has 0 amide bonds. The third-order valence-electron chi connectivity index (χ3n) is 5.30. The first-order valence-electron chi connectivity index (χ1n) is 9.33. The fourth-order valence-corrected chi connectivity index (χ4v) is 5.02. The number of thiazole rings is 1. The largest absolute Gasteiger partial charge is 0.367 e. The second kappa shape index (κ2) is 6.60. The van der Waals surface area contributed by atoms with E-state index in [0.717, 1.165) is 28.0 Å². The number of halogens is 2. The Morgan fingerprint density at radius 3 is 2.48 bits per heavy atom. The van der Waals surface area contributed by atoms with E-state index >= 15 is 0 Å². The Morgan fingerprint density at radius 2 is 1.70 bits per heavy atom. The molecule has 1 fully saturated rings. The standard InChI is InChI=1S/C21H19F2N3S/c22-14-9-6-10-15(23)18(14)19-20(24-13-7-2-1-3-8-13)26-16-11-4-5-12-17(16)27-21(26)25-19/h4-6,9-13,24H,1-3,7-8H2. The smallest absolute Gasteiger partial charge is 0.197 e. The molecule has 3 nitrogen and oxygen atoms in total. The molecule has 1 saturated carbocycles. The second-order valence-electron chi connectivity index (χ2n) is 7.07. The molecule has 0 spiro atoms. The summed E-state index contributed by atoms with van der Waals surface area (Å²) in [6.07, 6.45) is 5.72. The van der Waals surface area contributed by atoms with Gasteiger partial charge in [0.05, 0.1) is 15.8 Å². The summed E-state index contributed by atoms with van der Waals surface area (Å²) in [6, 6.07) is 12.3. The van der Waals surface area contributed by atoms with Crippen molar-refractivity contribution in [3.8, 4) is 11.3 Å². The number of hydrogen-bond donors (Lipinski definition) is 1. The van der Waals surface area contributed by atoms with Crippen LogP contribution in [0.5, 0.6) is 0 Å². The molecule has 2 aromatic heterocycles. The van der Waals surface area contributed by atoms with Crippen LogP contribution in [-0.4, -0.2) is 15.4 Å². The number of hydrogen-bond acceptors (Lipinski definition) is 3. The molecule has 138 valence electrons. The van der Waals surface area contributed by atoms with Crippen LogP contribution in [0.15, 0.2) is 42.5 Å². The maximum absolute atomic E-state index is 14.5. The van der Waals surface area contributed by atoms with Gasteiger partial charge >= 0.3 is 0 Å². The summed E-state index contributed by atoms with van der Waals surface area (Å²) >= 11 is 1.53. The molecule has 0 aliphatic heterocycles. The maximum Gasteiger partial charge on any atom is 0.197 e. The average Bonchev–Trinajstić information content (AvgIpc) is 3.19. The Balaban J connectivity index is 1.75. The molecule has 2 aromatic carbocycles. The number of aromatic nitrogens is 2. The topological polar surface area (TPSA) is 29.3 Å². The summed E-state index contributed by atoms with van der Waals surface area (Å²) in [4.78, 5) is 5.39. The second-order valence-corrected chi connectivity index (χ2v) is 8.08. The van der Waals surface area contributed by atoms with Crippen LogP contribution < -0.4 is 5.32 Å². The molecule has 1 aliphatic rings. The van der Waals surface area contributed by atoms with Gasteiger partial charge in [-0.3, -0.25) is 4.40 Å². The molecule has 0 bridgehead atoms. The molecule has 5 rings (SSSR count). The number of benzene rings is 2. The Bertz CT molecular complexity index is 1110. The predicted molar refractivity (Wildman–Crippen MR) is 106 cm³/mol. The molecule has 4 aromatic rings. The first kappa shape index (κ1) is 16.7. The molecule has 0 unspecified atom stereocenters. The monoisotopic (exact) mass is 383 g/mol. The lowest BCUT2D eigenvalue weighted by Gasteiger charge is -2.24. The highest BCUT2D eigenvalue weighted by Gasteiger charge is 2.25. The summed E-state index contributed by atoms with van der Waals surface area (Å²) in [5, 5.41) is 3.58. The number of anilines is 1. The fourth-order valence-electron chi connectivity index (χ4n) is 3.99. The number of para-hydroxylation sites is 1. The number of fused-ring (bicyclic) bond motifs is 3. The van der Waals surface area contributed by atoms with Gasteiger partial charge in [-0.05, 0) is 37.1 Å². The van der Waals surface area contributed by atoms with Gasteiger partial charge in [0.1, 0.15) is 23.1 Å². The van der Waals surface area contributed by atoms with Crippen molar-refractivity contribution in [3.05, 3.63) is 54.1 Å². The molecule has 1 N–H and O–H groups in total. The van der Waals surface area contributed by atoms with Gasteiger partial charge in [0.15, 0.2) is 4.96 Å². The number of nitrogens with one attached hydrogen (secondary N) is 1. The number of rotatable bonds is 3. The summed E-state index contributed by atoms with van der Waals surface area (Å²) in [5.41, 5.74) is 1.30. The van der Waals surface area contributed by atoms with E-state index in [9.17, 15) is 8.78 Å². The highest BCUT2D eigenvalue weighted by atomic mass is 32.1. The first-order valence-corrected chi connectivity index (χ1v) is 10.1. The minimum Gasteiger partial charge on any atom is -0.367 e. The van der Waals surface area contributed by atoms with Crippen molar-refractivity contribution >= 4 is 32.3 Å². The third-order valence-corrected chi connectivity index (χ3v) is 6.32. The minimum atomic E-state index is -0.586. The summed E-state index contributed by atoms with van der Waals surface area (Å²) in [7, 11) is 0. The molecule has 0 radical (unpaired) electrons. The van der Waals surface area contributed by atoms with E-state index in [4.69, 9.17) is 0 Å². The molecule has 2 heterocycles. The molecular weight excluding hydrogens is 364 g/mol. The molecule has 0 saturated heterocycles. The highest BCUT2D eigenvalue weighted by Crippen LogP contribution is 2.39. The van der Waals surface area contributed by atoms with Crippen LogP contribution in [0.2, 0.25) is 0 Å². The molecule has 6 heteroatoms. The lowest BCUT2D eigenvalue weighted by atomic mass is 9.95. The van der Waals surface area contributed by atoms with Crippen LogP contribution in [0.1, 0.15) is 32.1 Å². The third kappa shape index (κ3) is 2.79. The van der Waals surface area contributed by atoms with Crippen LogP contribution in [0.4, 0.5) is 14.6 Å². The van der Waals surface area contributed by atoms with Gasteiger partial charge < -0.3 is 5.32 Å². The Hall–Kier alpha value is -2.47. The van der Waals surface area contributed by atoms with Crippen molar-refractivity contribution in [1.82, 2.24) is 9.38 Å². The van der Waals surface area contributed by atoms with E-state index in [0.29, 0.717) is 17.6 Å². The predicted octanol–water partition coefficient (Wildman–Crippen LogP) is 6.24. The van der Waals surface area contributed by atoms with E-state index in [2.05, 4.69) is 10.3 Å². The van der Waals surface area contributed by atoms with Crippen molar-refractivity contribution < 1.29 is 8.78 Å². The van der Waals surface area contributed by atoms with E-state index in [-0.39, 0.29) is 5.56 Å². The molecular formula is C21H19F2N3S. The van der Waals surface area contributed by atoms with Gasteiger partial charge in [-0.15, -0.1) is 0 Å². The van der Waals surface area contributed by atoms with E-state index < -0.39 is 11.6 Å². The van der Waals surface area contributed by atoms with Crippen molar-refractivity contribution in [2.45, 2.75) is 38.1 Å². The lowest BCUT2D eigenvalue weighted by molar-refractivity contribution is 0.462. The maximum atomic E-state index is 14.5. The lowest BCUT2D eigenvalue weighted by Crippen LogP contribution is -2.23. The van der Waals surface area contributed by atoms with Gasteiger partial charge in [0.25, 0.3) is 0 Å². The number of imidazole rings is 1. The van der Waals surface area contributed by atoms with Crippen molar-refractivity contribution in [2.24, 2.45) is 0 Å². The minimum absolute atomic E-state index is 0.0595. The SMILES string of the molecule is Fc1cccc(F)c1-c1nc2sc3ccccc3n2c1NC1CCCCC1. The van der Waals surface area contributed by atoms with Crippen LogP contribution in [-0.2, 0) is 0 Å². The first-order chi connectivity index (χ1) is 13.2. The Labute approximate surface area is 159 Å². The van der Waals surface area contributed by atoms with Crippen molar-refractivity contribution in [3.63, 3.8) is 0 Å². The van der Waals surface area contributed by atoms with Gasteiger partial charge in [-0.1, -0.05) is 48.8 Å². The summed E-state index contributed by atoms with van der Waals surface area (Å²) in [5.74, 6) is -0.480. The highest BCUT2D eigenvalue weighted by molar-refractivity contribution is 7.23. The average molecular weight is 383 g/mol. The van der Waals surface area contributed by atoms with Crippen LogP contribution in [0.3, 0.4) is 0 Å². The van der Waals surface area contributed by atoms with E-state index in [1.807, 2.05) is 28.7 Å². The van der Waals surface area contributed by atoms with Gasteiger partial charge in [0.2, 0.25) is 0 Å². The van der Waals surface area contributed by atoms with Crippen LogP contribution in [0.25, 0.3) is 26.4 Å². The summed E-state index contributed by atoms with van der Waals surface area (Å²) < 4.78 is 32.2. The molecule has 1 aliphatic carbocycles. The fraction of sp³-hybridized carbons (Fsp3) is 0.286.